The number of amides is 4. The Morgan fingerprint density at radius 1 is 1.15 bits per heavy atom. The SMILES string of the molecule is NC(=O)n1cc(NC(=O)N2CC[C@H](N)[C@H]2C(=O)NCc2cccc(Cl)c2F)c2ccccc21. The summed E-state index contributed by atoms with van der Waals surface area (Å²) in [5, 5.41) is 5.95. The Morgan fingerprint density at radius 2 is 1.91 bits per heavy atom. The summed E-state index contributed by atoms with van der Waals surface area (Å²) in [4.78, 5) is 39.0. The predicted octanol–water partition coefficient (Wildman–Crippen LogP) is 2.61. The summed E-state index contributed by atoms with van der Waals surface area (Å²) in [6.07, 6.45) is 1.85. The Bertz CT molecular complexity index is 1250. The van der Waals surface area contributed by atoms with Crippen molar-refractivity contribution in [1.29, 1.82) is 0 Å². The van der Waals surface area contributed by atoms with Gasteiger partial charge in [-0.2, -0.15) is 0 Å². The highest BCUT2D eigenvalue weighted by Crippen LogP contribution is 2.27. The molecule has 9 nitrogen and oxygen atoms in total. The lowest BCUT2D eigenvalue weighted by Crippen LogP contribution is -2.53. The molecule has 2 aromatic carbocycles. The molecule has 172 valence electrons. The first-order valence-corrected chi connectivity index (χ1v) is 10.6. The van der Waals surface area contributed by atoms with Gasteiger partial charge < -0.3 is 27.0 Å². The van der Waals surface area contributed by atoms with Gasteiger partial charge >= 0.3 is 12.1 Å². The number of nitrogens with two attached hydrogens (primary N) is 2. The number of nitrogens with zero attached hydrogens (tertiary/aromatic N) is 2. The van der Waals surface area contributed by atoms with Gasteiger partial charge in [0.15, 0.2) is 0 Å². The number of carbonyl (C=O) groups excluding carboxylic acids is 3. The molecule has 1 aliphatic rings. The molecule has 2 atom stereocenters. The quantitative estimate of drug-likeness (QED) is 0.464. The van der Waals surface area contributed by atoms with E-state index in [-0.39, 0.29) is 23.7 Å². The van der Waals surface area contributed by atoms with Crippen LogP contribution in [0.5, 0.6) is 0 Å². The van der Waals surface area contributed by atoms with Gasteiger partial charge in [-0.3, -0.25) is 9.36 Å². The monoisotopic (exact) mass is 472 g/mol. The third kappa shape index (κ3) is 4.35. The van der Waals surface area contributed by atoms with E-state index < -0.39 is 35.9 Å². The van der Waals surface area contributed by atoms with Gasteiger partial charge in [-0.15, -0.1) is 0 Å². The smallest absolute Gasteiger partial charge is 0.323 e. The van der Waals surface area contributed by atoms with E-state index in [1.54, 1.807) is 30.3 Å². The molecule has 3 aromatic rings. The number of urea groups is 1. The van der Waals surface area contributed by atoms with E-state index in [9.17, 15) is 18.8 Å². The first-order valence-electron chi connectivity index (χ1n) is 10.2. The van der Waals surface area contributed by atoms with Gasteiger partial charge in [0.1, 0.15) is 11.9 Å². The van der Waals surface area contributed by atoms with E-state index in [0.29, 0.717) is 23.0 Å². The molecule has 0 aliphatic carbocycles. The van der Waals surface area contributed by atoms with Crippen LogP contribution in [0.2, 0.25) is 5.02 Å². The molecular formula is C22H22ClFN6O3. The molecule has 1 saturated heterocycles. The van der Waals surface area contributed by atoms with Gasteiger partial charge in [-0.1, -0.05) is 41.9 Å². The van der Waals surface area contributed by atoms with Gasteiger partial charge in [0.25, 0.3) is 0 Å². The molecule has 1 aromatic heterocycles. The van der Waals surface area contributed by atoms with Crippen LogP contribution in [0.3, 0.4) is 0 Å². The molecule has 4 amide bonds. The molecule has 0 radical (unpaired) electrons. The lowest BCUT2D eigenvalue weighted by atomic mass is 10.1. The number of halogens is 2. The zero-order chi connectivity index (χ0) is 23.7. The molecule has 33 heavy (non-hydrogen) atoms. The fourth-order valence-corrected chi connectivity index (χ4v) is 4.19. The molecular weight excluding hydrogens is 451 g/mol. The van der Waals surface area contributed by atoms with Crippen LogP contribution < -0.4 is 22.1 Å². The summed E-state index contributed by atoms with van der Waals surface area (Å²) in [6, 6.07) is 8.67. The lowest BCUT2D eigenvalue weighted by Gasteiger charge is -2.26. The molecule has 4 rings (SSSR count). The number of hydrogen-bond donors (Lipinski definition) is 4. The fourth-order valence-electron chi connectivity index (χ4n) is 4.00. The van der Waals surface area contributed by atoms with Crippen LogP contribution in [0.15, 0.2) is 48.7 Å². The zero-order valence-corrected chi connectivity index (χ0v) is 18.2. The molecule has 0 spiro atoms. The summed E-state index contributed by atoms with van der Waals surface area (Å²) < 4.78 is 15.3. The average Bonchev–Trinajstić information content (AvgIpc) is 3.35. The van der Waals surface area contributed by atoms with E-state index in [0.717, 1.165) is 0 Å². The number of hydrogen-bond acceptors (Lipinski definition) is 4. The van der Waals surface area contributed by atoms with Gasteiger partial charge in [-0.05, 0) is 18.6 Å². The topological polar surface area (TPSA) is 135 Å². The number of rotatable bonds is 4. The summed E-state index contributed by atoms with van der Waals surface area (Å²) in [5.41, 5.74) is 12.7. The summed E-state index contributed by atoms with van der Waals surface area (Å²) >= 11 is 5.78. The number of likely N-dealkylation sites (tertiary alicyclic amines) is 1. The summed E-state index contributed by atoms with van der Waals surface area (Å²) in [5.74, 6) is -1.12. The van der Waals surface area contributed by atoms with Crippen molar-refractivity contribution >= 4 is 46.2 Å². The minimum absolute atomic E-state index is 0.0459. The molecule has 0 saturated carbocycles. The van der Waals surface area contributed by atoms with Crippen LogP contribution >= 0.6 is 11.6 Å². The maximum Gasteiger partial charge on any atom is 0.323 e. The van der Waals surface area contributed by atoms with Gasteiger partial charge in [0, 0.05) is 36.3 Å². The lowest BCUT2D eigenvalue weighted by molar-refractivity contribution is -0.125. The third-order valence-corrected chi connectivity index (χ3v) is 5.94. The second-order valence-corrected chi connectivity index (χ2v) is 8.13. The van der Waals surface area contributed by atoms with E-state index in [1.165, 1.54) is 27.8 Å². The third-order valence-electron chi connectivity index (χ3n) is 5.65. The van der Waals surface area contributed by atoms with Crippen LogP contribution in [0.25, 0.3) is 10.9 Å². The Labute approximate surface area is 193 Å². The minimum Gasteiger partial charge on any atom is -0.351 e. The molecule has 1 aliphatic heterocycles. The highest BCUT2D eigenvalue weighted by atomic mass is 35.5. The van der Waals surface area contributed by atoms with Crippen molar-refractivity contribution in [3.63, 3.8) is 0 Å². The van der Waals surface area contributed by atoms with Crippen molar-refractivity contribution in [2.24, 2.45) is 11.5 Å². The van der Waals surface area contributed by atoms with Crippen LogP contribution in [0.4, 0.5) is 19.7 Å². The summed E-state index contributed by atoms with van der Waals surface area (Å²) in [7, 11) is 0. The number of aromatic nitrogens is 1. The van der Waals surface area contributed by atoms with Crippen LogP contribution in [0.1, 0.15) is 12.0 Å². The summed E-state index contributed by atoms with van der Waals surface area (Å²) in [6.45, 7) is 0.154. The number of benzene rings is 2. The van der Waals surface area contributed by atoms with Crippen molar-refractivity contribution in [3.8, 4) is 0 Å². The maximum absolute atomic E-state index is 14.1. The second kappa shape index (κ2) is 9.08. The van der Waals surface area contributed by atoms with Crippen LogP contribution in [-0.4, -0.2) is 46.1 Å². The van der Waals surface area contributed by atoms with Crippen molar-refractivity contribution < 1.29 is 18.8 Å². The first-order chi connectivity index (χ1) is 15.8. The number of nitrogens with one attached hydrogen (secondary N) is 2. The van der Waals surface area contributed by atoms with E-state index in [2.05, 4.69) is 10.6 Å². The Kier molecular flexibility index (Phi) is 6.21. The second-order valence-electron chi connectivity index (χ2n) is 7.72. The van der Waals surface area contributed by atoms with Crippen molar-refractivity contribution in [3.05, 3.63) is 65.1 Å². The molecule has 1 fully saturated rings. The van der Waals surface area contributed by atoms with Gasteiger partial charge in [-0.25, -0.2) is 14.0 Å². The normalized spacial score (nSPS) is 17.8. The molecule has 6 N–H and O–H groups in total. The largest absolute Gasteiger partial charge is 0.351 e. The molecule has 0 bridgehead atoms. The van der Waals surface area contributed by atoms with Crippen LogP contribution in [0, 0.1) is 5.82 Å². The highest BCUT2D eigenvalue weighted by molar-refractivity contribution is 6.30. The number of fused-ring (bicyclic) bond motifs is 1. The molecule has 2 heterocycles. The average molecular weight is 473 g/mol. The Hall–Kier alpha value is -3.63. The number of anilines is 1. The standard InChI is InChI=1S/C22H22ClFN6O3/c23-14-6-3-4-12(18(14)24)10-27-20(31)19-15(25)8-9-29(19)22(33)28-16-11-30(21(26)32)17-7-2-1-5-13(16)17/h1-7,11,15,19H,8-10,25H2,(H2,26,32)(H,27,31)(H,28,33)/t15-,19-/m0/s1. The van der Waals surface area contributed by atoms with E-state index >= 15 is 0 Å². The van der Waals surface area contributed by atoms with E-state index in [4.69, 9.17) is 23.1 Å². The Balaban J connectivity index is 1.51. The fraction of sp³-hybridized carbons (Fsp3) is 0.227. The van der Waals surface area contributed by atoms with E-state index in [1.807, 2.05) is 0 Å². The first kappa shape index (κ1) is 22.6. The van der Waals surface area contributed by atoms with Crippen molar-refractivity contribution in [2.45, 2.75) is 25.0 Å². The van der Waals surface area contributed by atoms with Crippen molar-refractivity contribution in [2.75, 3.05) is 11.9 Å². The highest BCUT2D eigenvalue weighted by Gasteiger charge is 2.40. The predicted molar refractivity (Wildman–Crippen MR) is 122 cm³/mol. The zero-order valence-electron chi connectivity index (χ0n) is 17.4. The Morgan fingerprint density at radius 3 is 2.67 bits per heavy atom. The van der Waals surface area contributed by atoms with Crippen molar-refractivity contribution in [1.82, 2.24) is 14.8 Å². The van der Waals surface area contributed by atoms with Gasteiger partial charge in [0.05, 0.1) is 16.2 Å². The molecule has 11 heteroatoms. The van der Waals surface area contributed by atoms with Crippen LogP contribution in [-0.2, 0) is 11.3 Å². The maximum atomic E-state index is 14.1. The number of para-hydroxylation sites is 1. The van der Waals surface area contributed by atoms with Gasteiger partial charge in [0.2, 0.25) is 5.91 Å². The minimum atomic E-state index is -0.947. The molecule has 0 unspecified atom stereocenters. The number of carbonyl (C=O) groups is 3. The number of primary amides is 1.